The molecule has 0 bridgehead atoms. The van der Waals surface area contributed by atoms with Crippen molar-refractivity contribution in [2.75, 3.05) is 0 Å². The molecule has 5 nitrogen and oxygen atoms in total. The molecule has 0 unspecified atom stereocenters. The molecule has 106 valence electrons. The van der Waals surface area contributed by atoms with Crippen molar-refractivity contribution in [1.29, 1.82) is 5.26 Å². The summed E-state index contributed by atoms with van der Waals surface area (Å²) in [6, 6.07) is 7.45. The number of rotatable bonds is 1. The maximum atomic E-state index is 12.3. The summed E-state index contributed by atoms with van der Waals surface area (Å²) in [5.74, 6) is -0.359. The van der Waals surface area contributed by atoms with Gasteiger partial charge in [-0.2, -0.15) is 5.26 Å². The van der Waals surface area contributed by atoms with Gasteiger partial charge in [-0.1, -0.05) is 0 Å². The number of cyclic esters (lactones) is 1. The van der Waals surface area contributed by atoms with Crippen molar-refractivity contribution >= 4 is 5.97 Å². The molecule has 0 fully saturated rings. The first kappa shape index (κ1) is 13.4. The van der Waals surface area contributed by atoms with Gasteiger partial charge in [0.15, 0.2) is 5.69 Å². The molecule has 0 N–H and O–H groups in total. The Morgan fingerprint density at radius 1 is 1.43 bits per heavy atom. The highest BCUT2D eigenvalue weighted by Crippen LogP contribution is 2.29. The third-order valence-corrected chi connectivity index (χ3v) is 3.58. The van der Waals surface area contributed by atoms with Crippen LogP contribution in [0.5, 0.6) is 0 Å². The number of fused-ring (bicyclic) bond motifs is 1. The standard InChI is InChI=1S/C16H15N3O2/c1-10-6-11(8-17)4-5-13(10)19-9-18-12-7-16(2,3)21-15(20)14(12)19/h4-6,9H,7H2,1-3H3. The van der Waals surface area contributed by atoms with Gasteiger partial charge >= 0.3 is 5.97 Å². The summed E-state index contributed by atoms with van der Waals surface area (Å²) < 4.78 is 7.19. The van der Waals surface area contributed by atoms with Gasteiger partial charge in [0.2, 0.25) is 0 Å². The molecule has 3 rings (SSSR count). The molecule has 1 aromatic carbocycles. The average Bonchev–Trinajstić information content (AvgIpc) is 2.80. The highest BCUT2D eigenvalue weighted by Gasteiger charge is 2.36. The van der Waals surface area contributed by atoms with Crippen molar-refractivity contribution < 1.29 is 9.53 Å². The van der Waals surface area contributed by atoms with E-state index in [2.05, 4.69) is 11.1 Å². The second-order valence-corrected chi connectivity index (χ2v) is 5.85. The summed E-state index contributed by atoms with van der Waals surface area (Å²) in [6.45, 7) is 5.65. The fraction of sp³-hybridized carbons (Fsp3) is 0.312. The second-order valence-electron chi connectivity index (χ2n) is 5.85. The number of hydrogen-bond acceptors (Lipinski definition) is 4. The van der Waals surface area contributed by atoms with E-state index < -0.39 is 5.60 Å². The monoisotopic (exact) mass is 281 g/mol. The highest BCUT2D eigenvalue weighted by molar-refractivity contribution is 5.91. The minimum absolute atomic E-state index is 0.359. The number of ether oxygens (including phenoxy) is 1. The number of benzene rings is 1. The van der Waals surface area contributed by atoms with E-state index in [-0.39, 0.29) is 5.97 Å². The molecule has 5 heteroatoms. The smallest absolute Gasteiger partial charge is 0.357 e. The van der Waals surface area contributed by atoms with Crippen LogP contribution < -0.4 is 0 Å². The van der Waals surface area contributed by atoms with E-state index in [0.717, 1.165) is 16.9 Å². The quantitative estimate of drug-likeness (QED) is 0.753. The lowest BCUT2D eigenvalue weighted by atomic mass is 9.98. The summed E-state index contributed by atoms with van der Waals surface area (Å²) in [7, 11) is 0. The van der Waals surface area contributed by atoms with Crippen molar-refractivity contribution in [2.45, 2.75) is 32.8 Å². The molecular formula is C16H15N3O2. The molecule has 0 saturated heterocycles. The molecule has 1 aliphatic rings. The maximum Gasteiger partial charge on any atom is 0.357 e. The van der Waals surface area contributed by atoms with Crippen LogP contribution in [0.25, 0.3) is 5.69 Å². The number of carbonyl (C=O) groups is 1. The second kappa shape index (κ2) is 4.45. The lowest BCUT2D eigenvalue weighted by molar-refractivity contribution is -0.00795. The molecule has 1 aliphatic heterocycles. The minimum atomic E-state index is -0.525. The van der Waals surface area contributed by atoms with E-state index in [9.17, 15) is 4.79 Å². The summed E-state index contributed by atoms with van der Waals surface area (Å²) in [5, 5.41) is 8.93. The molecular weight excluding hydrogens is 266 g/mol. The molecule has 0 amide bonds. The van der Waals surface area contributed by atoms with E-state index in [1.165, 1.54) is 0 Å². The number of imidazole rings is 1. The van der Waals surface area contributed by atoms with Gasteiger partial charge in [-0.05, 0) is 44.5 Å². The van der Waals surface area contributed by atoms with Gasteiger partial charge in [0.25, 0.3) is 0 Å². The van der Waals surface area contributed by atoms with Gasteiger partial charge in [-0.15, -0.1) is 0 Å². The van der Waals surface area contributed by atoms with Crippen LogP contribution in [0.15, 0.2) is 24.5 Å². The van der Waals surface area contributed by atoms with Gasteiger partial charge in [-0.3, -0.25) is 4.57 Å². The van der Waals surface area contributed by atoms with Crippen molar-refractivity contribution in [3.63, 3.8) is 0 Å². The van der Waals surface area contributed by atoms with E-state index in [0.29, 0.717) is 17.7 Å². The molecule has 2 aromatic rings. The lowest BCUT2D eigenvalue weighted by Crippen LogP contribution is -2.36. The summed E-state index contributed by atoms with van der Waals surface area (Å²) in [6.07, 6.45) is 2.23. The fourth-order valence-electron chi connectivity index (χ4n) is 2.65. The molecule has 0 saturated carbocycles. The number of esters is 1. The Hall–Kier alpha value is -2.61. The van der Waals surface area contributed by atoms with Gasteiger partial charge in [-0.25, -0.2) is 9.78 Å². The highest BCUT2D eigenvalue weighted by atomic mass is 16.6. The molecule has 1 aromatic heterocycles. The van der Waals surface area contributed by atoms with E-state index in [1.807, 2.05) is 26.8 Å². The van der Waals surface area contributed by atoms with Crippen LogP contribution in [-0.4, -0.2) is 21.1 Å². The van der Waals surface area contributed by atoms with E-state index in [4.69, 9.17) is 10.00 Å². The first-order chi connectivity index (χ1) is 9.91. The number of nitriles is 1. The molecule has 2 heterocycles. The van der Waals surface area contributed by atoms with E-state index in [1.54, 1.807) is 23.0 Å². The predicted octanol–water partition coefficient (Wildman–Crippen LogP) is 2.54. The SMILES string of the molecule is Cc1cc(C#N)ccc1-n1cnc2c1C(=O)OC(C)(C)C2. The Morgan fingerprint density at radius 2 is 2.19 bits per heavy atom. The third-order valence-electron chi connectivity index (χ3n) is 3.58. The largest absolute Gasteiger partial charge is 0.455 e. The van der Waals surface area contributed by atoms with Crippen LogP contribution in [0.3, 0.4) is 0 Å². The zero-order valence-corrected chi connectivity index (χ0v) is 12.2. The first-order valence-electron chi connectivity index (χ1n) is 6.72. The molecule has 21 heavy (non-hydrogen) atoms. The third kappa shape index (κ3) is 2.19. The Labute approximate surface area is 122 Å². The summed E-state index contributed by atoms with van der Waals surface area (Å²) in [4.78, 5) is 16.6. The number of carbonyl (C=O) groups excluding carboxylic acids is 1. The first-order valence-corrected chi connectivity index (χ1v) is 6.72. The Balaban J connectivity index is 2.13. The minimum Gasteiger partial charge on any atom is -0.455 e. The van der Waals surface area contributed by atoms with Crippen LogP contribution in [0, 0.1) is 18.3 Å². The van der Waals surface area contributed by atoms with E-state index >= 15 is 0 Å². The van der Waals surface area contributed by atoms with Gasteiger partial charge < -0.3 is 4.74 Å². The Kier molecular flexibility index (Phi) is 2.84. The predicted molar refractivity (Wildman–Crippen MR) is 76.2 cm³/mol. The zero-order chi connectivity index (χ0) is 15.2. The Bertz CT molecular complexity index is 781. The zero-order valence-electron chi connectivity index (χ0n) is 12.2. The molecule has 0 atom stereocenters. The molecule has 0 aliphatic carbocycles. The van der Waals surface area contributed by atoms with Crippen LogP contribution in [-0.2, 0) is 11.2 Å². The van der Waals surface area contributed by atoms with Gasteiger partial charge in [0.1, 0.15) is 11.9 Å². The van der Waals surface area contributed by atoms with Crippen LogP contribution in [0.2, 0.25) is 0 Å². The Morgan fingerprint density at radius 3 is 2.86 bits per heavy atom. The van der Waals surface area contributed by atoms with Gasteiger partial charge in [0.05, 0.1) is 23.0 Å². The fourth-order valence-corrected chi connectivity index (χ4v) is 2.65. The van der Waals surface area contributed by atoms with Crippen LogP contribution in [0.1, 0.15) is 41.2 Å². The topological polar surface area (TPSA) is 67.9 Å². The number of nitrogens with zero attached hydrogens (tertiary/aromatic N) is 3. The summed E-state index contributed by atoms with van der Waals surface area (Å²) in [5.41, 5.74) is 3.03. The van der Waals surface area contributed by atoms with Gasteiger partial charge in [0, 0.05) is 6.42 Å². The normalized spacial score (nSPS) is 16.0. The van der Waals surface area contributed by atoms with Crippen molar-refractivity contribution in [3.8, 4) is 11.8 Å². The average molecular weight is 281 g/mol. The van der Waals surface area contributed by atoms with Crippen molar-refractivity contribution in [1.82, 2.24) is 9.55 Å². The molecule has 0 radical (unpaired) electrons. The molecule has 0 spiro atoms. The van der Waals surface area contributed by atoms with Crippen LogP contribution in [0.4, 0.5) is 0 Å². The van der Waals surface area contributed by atoms with Crippen LogP contribution >= 0.6 is 0 Å². The maximum absolute atomic E-state index is 12.3. The van der Waals surface area contributed by atoms with Crippen molar-refractivity contribution in [3.05, 3.63) is 47.0 Å². The van der Waals surface area contributed by atoms with Crippen molar-refractivity contribution in [2.24, 2.45) is 0 Å². The lowest BCUT2D eigenvalue weighted by Gasteiger charge is -2.29. The number of hydrogen-bond donors (Lipinski definition) is 0. The number of aromatic nitrogens is 2. The number of aryl methyl sites for hydroxylation is 1. The summed E-state index contributed by atoms with van der Waals surface area (Å²) >= 11 is 0.